The van der Waals surface area contributed by atoms with E-state index in [1.807, 2.05) is 24.3 Å². The minimum atomic E-state index is 0.0338. The molecule has 1 fully saturated rings. The fraction of sp³-hybridized carbons (Fsp3) is 0.200. The molecule has 23 heavy (non-hydrogen) atoms. The Morgan fingerprint density at radius 2 is 1.52 bits per heavy atom. The van der Waals surface area contributed by atoms with Gasteiger partial charge in [-0.2, -0.15) is 0 Å². The largest absolute Gasteiger partial charge is 0.463 e. The van der Waals surface area contributed by atoms with Crippen LogP contribution in [-0.4, -0.2) is 6.54 Å². The van der Waals surface area contributed by atoms with Crippen molar-refractivity contribution in [3.05, 3.63) is 95.9 Å². The second-order valence-electron chi connectivity index (χ2n) is 5.94. The van der Waals surface area contributed by atoms with Gasteiger partial charge in [0.1, 0.15) is 19.2 Å². The summed E-state index contributed by atoms with van der Waals surface area (Å²) in [6, 6.07) is 24.9. The van der Waals surface area contributed by atoms with Gasteiger partial charge < -0.3 is 9.15 Å². The summed E-state index contributed by atoms with van der Waals surface area (Å²) in [6.45, 7) is 1.76. The van der Waals surface area contributed by atoms with Crippen LogP contribution >= 0.6 is 0 Å². The summed E-state index contributed by atoms with van der Waals surface area (Å²) in [4.78, 5) is 1.38. The van der Waals surface area contributed by atoms with Crippen molar-refractivity contribution in [1.82, 2.24) is 0 Å². The van der Waals surface area contributed by atoms with Gasteiger partial charge in [0.25, 0.3) is 0 Å². The van der Waals surface area contributed by atoms with Crippen LogP contribution in [0.15, 0.2) is 83.5 Å². The van der Waals surface area contributed by atoms with Crippen LogP contribution in [0.3, 0.4) is 0 Å². The Labute approximate surface area is 136 Å². The second kappa shape index (κ2) is 6.41. The van der Waals surface area contributed by atoms with Gasteiger partial charge in [0.15, 0.2) is 5.76 Å². The third kappa shape index (κ3) is 3.07. The number of quaternary nitrogens is 1. The molecule has 1 aromatic heterocycles. The number of hydrogen-bond acceptors (Lipinski definition) is 2. The Kier molecular flexibility index (Phi) is 3.97. The summed E-state index contributed by atoms with van der Waals surface area (Å²) in [5.41, 5.74) is 2.45. The van der Waals surface area contributed by atoms with E-state index in [1.165, 1.54) is 16.0 Å². The molecule has 0 amide bonds. The lowest BCUT2D eigenvalue weighted by molar-refractivity contribution is -0.946. The van der Waals surface area contributed by atoms with Crippen LogP contribution < -0.4 is 4.90 Å². The Balaban J connectivity index is 1.61. The van der Waals surface area contributed by atoms with E-state index in [0.717, 1.165) is 18.8 Å². The van der Waals surface area contributed by atoms with E-state index in [2.05, 4.69) is 48.5 Å². The Hall–Kier alpha value is -2.36. The first-order valence-corrected chi connectivity index (χ1v) is 8.02. The fourth-order valence-electron chi connectivity index (χ4n) is 3.26. The van der Waals surface area contributed by atoms with Crippen molar-refractivity contribution < 1.29 is 14.1 Å². The first-order valence-electron chi connectivity index (χ1n) is 8.02. The van der Waals surface area contributed by atoms with Gasteiger partial charge in [-0.05, 0) is 17.7 Å². The molecule has 0 aliphatic carbocycles. The summed E-state index contributed by atoms with van der Waals surface area (Å²) >= 11 is 0. The van der Waals surface area contributed by atoms with Crippen molar-refractivity contribution >= 4 is 0 Å². The summed E-state index contributed by atoms with van der Waals surface area (Å²) in [7, 11) is 0. The Morgan fingerprint density at radius 1 is 0.826 bits per heavy atom. The van der Waals surface area contributed by atoms with Gasteiger partial charge >= 0.3 is 0 Å². The number of nitrogens with one attached hydrogen (secondary N) is 1. The molecule has 3 heteroatoms. The minimum absolute atomic E-state index is 0.0338. The van der Waals surface area contributed by atoms with E-state index in [1.54, 1.807) is 6.26 Å². The molecule has 3 aromatic rings. The van der Waals surface area contributed by atoms with Crippen molar-refractivity contribution in [2.45, 2.75) is 18.9 Å². The van der Waals surface area contributed by atoms with Gasteiger partial charge in [-0.25, -0.2) is 0 Å². The smallest absolute Gasteiger partial charge is 0.219 e. The number of benzene rings is 2. The Bertz CT molecular complexity index is 725. The lowest BCUT2D eigenvalue weighted by Gasteiger charge is -2.18. The van der Waals surface area contributed by atoms with Gasteiger partial charge in [-0.15, -0.1) is 0 Å². The fourth-order valence-corrected chi connectivity index (χ4v) is 3.26. The molecule has 116 valence electrons. The second-order valence-corrected chi connectivity index (χ2v) is 5.94. The zero-order valence-corrected chi connectivity index (χ0v) is 12.9. The molecular weight excluding hydrogens is 286 g/mol. The molecule has 3 nitrogen and oxygen atoms in total. The molecule has 0 saturated carbocycles. The van der Waals surface area contributed by atoms with E-state index in [-0.39, 0.29) is 12.3 Å². The first-order chi connectivity index (χ1) is 11.4. The molecular formula is C20H20NO2+. The molecule has 2 heterocycles. The summed E-state index contributed by atoms with van der Waals surface area (Å²) < 4.78 is 12.0. The van der Waals surface area contributed by atoms with E-state index in [4.69, 9.17) is 9.15 Å². The van der Waals surface area contributed by atoms with E-state index in [9.17, 15) is 0 Å². The van der Waals surface area contributed by atoms with Gasteiger partial charge in [0.05, 0.1) is 6.26 Å². The highest BCUT2D eigenvalue weighted by molar-refractivity contribution is 5.20. The normalized spacial score (nSPS) is 23.9. The number of rotatable bonds is 4. The highest BCUT2D eigenvalue weighted by Gasteiger charge is 2.38. The molecule has 0 radical (unpaired) electrons. The highest BCUT2D eigenvalue weighted by Crippen LogP contribution is 2.27. The zero-order valence-electron chi connectivity index (χ0n) is 12.9. The summed E-state index contributed by atoms with van der Waals surface area (Å²) in [5.74, 6) is 0.998. The van der Waals surface area contributed by atoms with Crippen LogP contribution in [0.4, 0.5) is 0 Å². The lowest BCUT2D eigenvalue weighted by atomic mass is 10.1. The average molecular weight is 306 g/mol. The van der Waals surface area contributed by atoms with E-state index < -0.39 is 0 Å². The molecule has 1 aliphatic rings. The summed E-state index contributed by atoms with van der Waals surface area (Å²) in [6.07, 6.45) is 1.88. The van der Waals surface area contributed by atoms with E-state index >= 15 is 0 Å². The maximum absolute atomic E-state index is 6.42. The van der Waals surface area contributed by atoms with Gasteiger partial charge in [0, 0.05) is 5.56 Å². The topological polar surface area (TPSA) is 26.8 Å². The molecule has 0 bridgehead atoms. The maximum Gasteiger partial charge on any atom is 0.219 e. The molecule has 4 rings (SSSR count). The van der Waals surface area contributed by atoms with Crippen LogP contribution in [0, 0.1) is 0 Å². The third-order valence-electron chi connectivity index (χ3n) is 4.37. The van der Waals surface area contributed by atoms with Crippen molar-refractivity contribution in [3.8, 4) is 0 Å². The Morgan fingerprint density at radius 3 is 2.17 bits per heavy atom. The van der Waals surface area contributed by atoms with Crippen LogP contribution in [0.2, 0.25) is 0 Å². The minimum Gasteiger partial charge on any atom is -0.463 e. The number of hydrogen-bond donors (Lipinski definition) is 1. The monoisotopic (exact) mass is 306 g/mol. The average Bonchev–Trinajstić information content (AvgIpc) is 3.27. The predicted octanol–water partition coefficient (Wildman–Crippen LogP) is 3.13. The molecule has 1 saturated heterocycles. The summed E-state index contributed by atoms with van der Waals surface area (Å²) in [5, 5.41) is 0. The molecule has 1 N–H and O–H groups in total. The van der Waals surface area contributed by atoms with Crippen molar-refractivity contribution in [2.24, 2.45) is 0 Å². The van der Waals surface area contributed by atoms with Gasteiger partial charge in [0.2, 0.25) is 6.23 Å². The van der Waals surface area contributed by atoms with Crippen molar-refractivity contribution in [2.75, 3.05) is 6.54 Å². The molecule has 3 atom stereocenters. The molecule has 1 unspecified atom stereocenters. The maximum atomic E-state index is 6.42. The molecule has 0 spiro atoms. The number of ether oxygens (including phenoxy) is 1. The van der Waals surface area contributed by atoms with Gasteiger partial charge in [-0.3, -0.25) is 4.90 Å². The van der Waals surface area contributed by atoms with Crippen LogP contribution in [-0.2, 0) is 11.3 Å². The van der Waals surface area contributed by atoms with Crippen molar-refractivity contribution in [1.29, 1.82) is 0 Å². The number of furan rings is 1. The predicted molar refractivity (Wildman–Crippen MR) is 87.7 cm³/mol. The van der Waals surface area contributed by atoms with Crippen molar-refractivity contribution in [3.63, 3.8) is 0 Å². The SMILES string of the molecule is c1ccc([C@@H]2C[NH+](Cc3ccco3)[C@H](c3ccccc3)O2)cc1. The first kappa shape index (κ1) is 14.2. The van der Waals surface area contributed by atoms with Gasteiger partial charge in [-0.1, -0.05) is 60.7 Å². The molecule has 1 aliphatic heterocycles. The standard InChI is InChI=1S/C20H19NO2/c1-3-8-16(9-4-1)19-15-21(14-18-12-7-13-22-18)20(23-19)17-10-5-2-6-11-17/h1-13,19-20H,14-15H2/p+1/t19-,20-/m0/s1. The lowest BCUT2D eigenvalue weighted by Crippen LogP contribution is -3.09. The van der Waals surface area contributed by atoms with Crippen LogP contribution in [0.25, 0.3) is 0 Å². The quantitative estimate of drug-likeness (QED) is 0.801. The third-order valence-corrected chi connectivity index (χ3v) is 4.37. The zero-order chi connectivity index (χ0) is 15.5. The van der Waals surface area contributed by atoms with E-state index in [0.29, 0.717) is 0 Å². The molecule has 2 aromatic carbocycles. The highest BCUT2D eigenvalue weighted by atomic mass is 16.5. The van der Waals surface area contributed by atoms with Crippen LogP contribution in [0.1, 0.15) is 29.2 Å². The van der Waals surface area contributed by atoms with Crippen LogP contribution in [0.5, 0.6) is 0 Å².